The molecule has 3 aromatic rings. The minimum atomic E-state index is -0.698. The van der Waals surface area contributed by atoms with Gasteiger partial charge < -0.3 is 25.5 Å². The summed E-state index contributed by atoms with van der Waals surface area (Å²) in [6.45, 7) is 7.36. The highest BCUT2D eigenvalue weighted by molar-refractivity contribution is 5.68. The zero-order chi connectivity index (χ0) is 23.3. The first-order valence-corrected chi connectivity index (χ1v) is 9.96. The number of carbonyl (C=O) groups excluding carboxylic acids is 2. The van der Waals surface area contributed by atoms with Crippen molar-refractivity contribution in [2.45, 2.75) is 45.9 Å². The summed E-state index contributed by atoms with van der Waals surface area (Å²) in [6, 6.07) is 9.78. The van der Waals surface area contributed by atoms with Crippen molar-refractivity contribution in [1.29, 1.82) is 0 Å². The molecule has 0 aliphatic rings. The van der Waals surface area contributed by atoms with E-state index in [-0.39, 0.29) is 12.6 Å². The Kier molecular flexibility index (Phi) is 6.72. The van der Waals surface area contributed by atoms with Crippen molar-refractivity contribution in [3.63, 3.8) is 0 Å². The number of ether oxygens (including phenoxy) is 1. The lowest BCUT2D eigenvalue weighted by Crippen LogP contribution is -2.40. The zero-order valence-electron chi connectivity index (χ0n) is 18.4. The van der Waals surface area contributed by atoms with E-state index in [0.29, 0.717) is 34.9 Å². The van der Waals surface area contributed by atoms with Gasteiger partial charge in [-0.1, -0.05) is 6.07 Å². The number of furan rings is 1. The molecule has 32 heavy (non-hydrogen) atoms. The van der Waals surface area contributed by atoms with Crippen molar-refractivity contribution in [2.75, 3.05) is 5.73 Å². The number of amides is 2. The molecule has 4 N–H and O–H groups in total. The van der Waals surface area contributed by atoms with Crippen LogP contribution < -0.4 is 16.4 Å². The van der Waals surface area contributed by atoms with Crippen LogP contribution in [0.3, 0.4) is 0 Å². The summed E-state index contributed by atoms with van der Waals surface area (Å²) < 4.78 is 10.9. The third-order valence-electron chi connectivity index (χ3n) is 4.24. The van der Waals surface area contributed by atoms with Gasteiger partial charge >= 0.3 is 6.09 Å². The number of aryl methyl sites for hydroxylation is 1. The van der Waals surface area contributed by atoms with Crippen molar-refractivity contribution in [3.8, 4) is 11.5 Å². The smallest absolute Gasteiger partial charge is 0.407 e. The van der Waals surface area contributed by atoms with Crippen LogP contribution in [0, 0.1) is 6.92 Å². The molecular formula is C22H26N6O4. The second kappa shape index (κ2) is 9.46. The number of anilines is 1. The van der Waals surface area contributed by atoms with Gasteiger partial charge in [0.15, 0.2) is 5.76 Å². The fraction of sp³-hybridized carbons (Fsp3) is 0.318. The number of nitrogen functional groups attached to an aromatic ring is 1. The summed E-state index contributed by atoms with van der Waals surface area (Å²) in [5, 5.41) is 5.43. The Morgan fingerprint density at radius 2 is 1.97 bits per heavy atom. The lowest BCUT2D eigenvalue weighted by molar-refractivity contribution is -0.110. The maximum Gasteiger partial charge on any atom is 0.407 e. The highest BCUT2D eigenvalue weighted by Gasteiger charge is 2.20. The van der Waals surface area contributed by atoms with Gasteiger partial charge in [-0.25, -0.2) is 14.8 Å². The Bertz CT molecular complexity index is 1110. The molecule has 0 saturated heterocycles. The first-order chi connectivity index (χ1) is 15.1. The van der Waals surface area contributed by atoms with Crippen LogP contribution in [0.5, 0.6) is 0 Å². The van der Waals surface area contributed by atoms with Crippen molar-refractivity contribution in [2.24, 2.45) is 0 Å². The third kappa shape index (κ3) is 6.03. The molecule has 0 aliphatic carbocycles. The Hall–Kier alpha value is -3.95. The topological polar surface area (TPSA) is 145 Å². The van der Waals surface area contributed by atoms with Crippen molar-refractivity contribution < 1.29 is 18.7 Å². The Morgan fingerprint density at radius 3 is 2.62 bits per heavy atom. The number of nitrogens with one attached hydrogen (secondary N) is 2. The lowest BCUT2D eigenvalue weighted by Gasteiger charge is -2.20. The van der Waals surface area contributed by atoms with Crippen LogP contribution in [0.15, 0.2) is 40.8 Å². The normalized spacial score (nSPS) is 12.1. The Labute approximate surface area is 185 Å². The van der Waals surface area contributed by atoms with Gasteiger partial charge in [0, 0.05) is 5.54 Å². The van der Waals surface area contributed by atoms with Crippen LogP contribution >= 0.6 is 0 Å². The molecule has 10 nitrogen and oxygen atoms in total. The predicted molar refractivity (Wildman–Crippen MR) is 117 cm³/mol. The predicted octanol–water partition coefficient (Wildman–Crippen LogP) is 2.88. The Morgan fingerprint density at radius 1 is 1.19 bits per heavy atom. The average molecular weight is 438 g/mol. The number of carbonyl (C=O) groups is 2. The first-order valence-electron chi connectivity index (χ1n) is 9.96. The van der Waals surface area contributed by atoms with E-state index < -0.39 is 17.7 Å². The molecule has 0 bridgehead atoms. The summed E-state index contributed by atoms with van der Waals surface area (Å²) in [4.78, 5) is 36.3. The van der Waals surface area contributed by atoms with Gasteiger partial charge in [-0.2, -0.15) is 0 Å². The number of pyridine rings is 1. The minimum Gasteiger partial charge on any atom is -0.460 e. The molecule has 0 radical (unpaired) electrons. The highest BCUT2D eigenvalue weighted by Crippen LogP contribution is 2.26. The molecule has 0 spiro atoms. The highest BCUT2D eigenvalue weighted by atomic mass is 16.5. The van der Waals surface area contributed by atoms with E-state index in [1.807, 2.05) is 33.8 Å². The first kappa shape index (κ1) is 22.7. The van der Waals surface area contributed by atoms with Gasteiger partial charge in [-0.05, 0) is 58.0 Å². The summed E-state index contributed by atoms with van der Waals surface area (Å²) >= 11 is 0. The van der Waals surface area contributed by atoms with Crippen LogP contribution in [-0.2, 0) is 16.1 Å². The number of nitrogens with zero attached hydrogens (tertiary/aromatic N) is 3. The number of aromatic nitrogens is 3. The molecule has 0 fully saturated rings. The largest absolute Gasteiger partial charge is 0.460 e. The molecule has 168 valence electrons. The minimum absolute atomic E-state index is 0.0302. The van der Waals surface area contributed by atoms with Crippen molar-refractivity contribution >= 4 is 18.5 Å². The van der Waals surface area contributed by atoms with Crippen LogP contribution in [0.25, 0.3) is 11.5 Å². The second-order valence-corrected chi connectivity index (χ2v) is 8.17. The SMILES string of the molecule is Cc1ccc(-c2cc(C(NC=O)c3cccc(COC(=O)NC(C)(C)C)n3)nc(N)n2)o1. The quantitative estimate of drug-likeness (QED) is 0.477. The number of hydrogen-bond acceptors (Lipinski definition) is 8. The van der Waals surface area contributed by atoms with E-state index in [0.717, 1.165) is 5.76 Å². The van der Waals surface area contributed by atoms with Gasteiger partial charge in [-0.3, -0.25) is 9.78 Å². The number of hydrogen-bond donors (Lipinski definition) is 3. The van der Waals surface area contributed by atoms with Crippen LogP contribution in [0.2, 0.25) is 0 Å². The standard InChI is InChI=1S/C22H26N6O4/c1-13-8-9-18(32-13)16-10-17(27-20(23)26-16)19(24-12-29)15-7-5-6-14(25-15)11-31-21(30)28-22(2,3)4/h5-10,12,19H,11H2,1-4H3,(H,24,29)(H,28,30)(H2,23,26,27). The molecule has 3 rings (SSSR count). The van der Waals surface area contributed by atoms with Crippen LogP contribution in [0.1, 0.15) is 49.7 Å². The number of alkyl carbamates (subject to hydrolysis) is 1. The van der Waals surface area contributed by atoms with Gasteiger partial charge in [0.2, 0.25) is 12.4 Å². The number of nitrogens with two attached hydrogens (primary N) is 1. The van der Waals surface area contributed by atoms with E-state index in [2.05, 4.69) is 25.6 Å². The molecule has 0 aromatic carbocycles. The van der Waals surface area contributed by atoms with E-state index in [1.54, 1.807) is 30.3 Å². The van der Waals surface area contributed by atoms with Gasteiger partial charge in [-0.15, -0.1) is 0 Å². The lowest BCUT2D eigenvalue weighted by atomic mass is 10.1. The fourth-order valence-electron chi connectivity index (χ4n) is 2.94. The molecule has 1 atom stereocenters. The van der Waals surface area contributed by atoms with E-state index >= 15 is 0 Å². The summed E-state index contributed by atoms with van der Waals surface area (Å²) in [7, 11) is 0. The van der Waals surface area contributed by atoms with E-state index in [4.69, 9.17) is 14.9 Å². The molecule has 3 aromatic heterocycles. The fourth-order valence-corrected chi connectivity index (χ4v) is 2.94. The van der Waals surface area contributed by atoms with E-state index in [1.165, 1.54) is 0 Å². The Balaban J connectivity index is 1.86. The van der Waals surface area contributed by atoms with Crippen molar-refractivity contribution in [3.05, 3.63) is 59.2 Å². The molecule has 0 aliphatic heterocycles. The molecule has 3 heterocycles. The average Bonchev–Trinajstić information content (AvgIpc) is 3.15. The maximum atomic E-state index is 11.9. The number of rotatable bonds is 7. The van der Waals surface area contributed by atoms with Gasteiger partial charge in [0.1, 0.15) is 24.1 Å². The molecule has 1 unspecified atom stereocenters. The molecule has 0 saturated carbocycles. The van der Waals surface area contributed by atoms with Crippen molar-refractivity contribution in [1.82, 2.24) is 25.6 Å². The van der Waals surface area contributed by atoms with Crippen LogP contribution in [-0.4, -0.2) is 33.0 Å². The summed E-state index contributed by atoms with van der Waals surface area (Å²) in [5.41, 5.74) is 7.42. The summed E-state index contributed by atoms with van der Waals surface area (Å²) in [6.07, 6.45) is 0.00984. The zero-order valence-corrected chi connectivity index (χ0v) is 18.4. The van der Waals surface area contributed by atoms with Crippen LogP contribution in [0.4, 0.5) is 10.7 Å². The second-order valence-electron chi connectivity index (χ2n) is 8.17. The maximum absolute atomic E-state index is 11.9. The molecular weight excluding hydrogens is 412 g/mol. The summed E-state index contributed by atoms with van der Waals surface area (Å²) in [5.74, 6) is 1.29. The molecule has 2 amide bonds. The van der Waals surface area contributed by atoms with E-state index in [9.17, 15) is 9.59 Å². The molecule has 10 heteroatoms. The van der Waals surface area contributed by atoms with Gasteiger partial charge in [0.25, 0.3) is 0 Å². The van der Waals surface area contributed by atoms with Gasteiger partial charge in [0.05, 0.1) is 17.1 Å². The third-order valence-corrected chi connectivity index (χ3v) is 4.24. The monoisotopic (exact) mass is 438 g/mol.